The summed E-state index contributed by atoms with van der Waals surface area (Å²) in [7, 11) is 0. The number of fused-ring (bicyclic) bond motifs is 9. The van der Waals surface area contributed by atoms with Gasteiger partial charge in [-0.2, -0.15) is 10.4 Å². The highest BCUT2D eigenvalue weighted by Crippen LogP contribution is 2.39. The Hall–Kier alpha value is -4.85. The maximum absolute atomic E-state index is 15.2. The Labute approximate surface area is 235 Å². The Morgan fingerprint density at radius 2 is 2.05 bits per heavy atom. The fourth-order valence-electron chi connectivity index (χ4n) is 5.92. The molecule has 3 aromatic heterocycles. The molecule has 0 unspecified atom stereocenters. The van der Waals surface area contributed by atoms with Crippen LogP contribution in [0.1, 0.15) is 12.0 Å². The number of pyridine rings is 2. The minimum atomic E-state index is -0.421. The highest BCUT2D eigenvalue weighted by atomic mass is 19.1. The van der Waals surface area contributed by atoms with Gasteiger partial charge in [-0.1, -0.05) is 6.07 Å². The van der Waals surface area contributed by atoms with E-state index in [1.807, 2.05) is 18.2 Å². The molecule has 204 valence electrons. The SMILES string of the molecule is N#Cc1ccncc1-c1cc2cc(c1)N1C[C@H](C[C@@H]1CO)NCCOc1cccc(F)c1-c1cc3c-2n[nH]c3cn1. The molecule has 5 heterocycles. The molecule has 6 bridgehead atoms. The second kappa shape index (κ2) is 10.3. The standard InChI is InChI=1S/C31H26FN7O2/c32-26-2-1-3-29-30(26)27-12-24-28(15-36-27)37-38-31(24)20-8-19(25-14-34-5-4-18(25)13-33)9-22(10-20)39-16-21(11-23(39)17-40)35-6-7-41-29/h1-5,8-10,12,14-15,21,23,35,40H,6-7,11,16-17H2,(H,37,38)/t21-,23+/m0/s1. The summed E-state index contributed by atoms with van der Waals surface area (Å²) in [6, 6.07) is 16.7. The topological polar surface area (TPSA) is 123 Å². The van der Waals surface area contributed by atoms with Crippen molar-refractivity contribution in [2.45, 2.75) is 18.5 Å². The Morgan fingerprint density at radius 3 is 2.93 bits per heavy atom. The van der Waals surface area contributed by atoms with Crippen LogP contribution in [0.3, 0.4) is 0 Å². The first-order chi connectivity index (χ1) is 20.1. The number of halogens is 1. The summed E-state index contributed by atoms with van der Waals surface area (Å²) >= 11 is 0. The maximum atomic E-state index is 15.2. The van der Waals surface area contributed by atoms with Gasteiger partial charge < -0.3 is 20.1 Å². The summed E-state index contributed by atoms with van der Waals surface area (Å²) in [4.78, 5) is 11.0. The molecule has 5 aromatic rings. The molecule has 0 saturated carbocycles. The Kier molecular flexibility index (Phi) is 6.30. The van der Waals surface area contributed by atoms with E-state index in [1.54, 1.807) is 36.8 Å². The third-order valence-corrected chi connectivity index (χ3v) is 7.87. The molecule has 0 radical (unpaired) electrons. The van der Waals surface area contributed by atoms with Crippen molar-refractivity contribution in [2.75, 3.05) is 31.2 Å². The van der Waals surface area contributed by atoms with Gasteiger partial charge in [0.05, 0.1) is 47.3 Å². The van der Waals surface area contributed by atoms with Crippen molar-refractivity contribution >= 4 is 16.6 Å². The third-order valence-electron chi connectivity index (χ3n) is 7.87. The predicted octanol–water partition coefficient (Wildman–Crippen LogP) is 4.29. The van der Waals surface area contributed by atoms with Gasteiger partial charge in [0.25, 0.3) is 0 Å². The first-order valence-corrected chi connectivity index (χ1v) is 13.5. The molecule has 41 heavy (non-hydrogen) atoms. The number of aromatic nitrogens is 4. The van der Waals surface area contributed by atoms with Crippen LogP contribution in [0.2, 0.25) is 0 Å². The van der Waals surface area contributed by atoms with Gasteiger partial charge in [-0.15, -0.1) is 0 Å². The summed E-state index contributed by atoms with van der Waals surface area (Å²) < 4.78 is 21.3. The number of H-pyrrole nitrogens is 1. The lowest BCUT2D eigenvalue weighted by atomic mass is 9.97. The van der Waals surface area contributed by atoms with E-state index in [-0.39, 0.29) is 18.7 Å². The molecule has 0 aliphatic carbocycles. The van der Waals surface area contributed by atoms with Gasteiger partial charge in [0, 0.05) is 53.7 Å². The van der Waals surface area contributed by atoms with Crippen molar-refractivity contribution in [1.29, 1.82) is 5.26 Å². The smallest absolute Gasteiger partial charge is 0.136 e. The van der Waals surface area contributed by atoms with Gasteiger partial charge in [-0.25, -0.2) is 4.39 Å². The summed E-state index contributed by atoms with van der Waals surface area (Å²) in [6.07, 6.45) is 5.69. The van der Waals surface area contributed by atoms with E-state index in [4.69, 9.17) is 4.74 Å². The van der Waals surface area contributed by atoms with Crippen molar-refractivity contribution in [3.8, 4) is 45.5 Å². The zero-order chi connectivity index (χ0) is 27.9. The van der Waals surface area contributed by atoms with E-state index in [2.05, 4.69) is 42.5 Å². The number of aliphatic hydroxyl groups is 1. The minimum absolute atomic E-state index is 0.00238. The summed E-state index contributed by atoms with van der Waals surface area (Å²) in [6.45, 7) is 1.56. The van der Waals surface area contributed by atoms with Gasteiger partial charge in [0.1, 0.15) is 23.9 Å². The fourth-order valence-corrected chi connectivity index (χ4v) is 5.92. The van der Waals surface area contributed by atoms with Crippen LogP contribution in [0.5, 0.6) is 5.75 Å². The largest absolute Gasteiger partial charge is 0.491 e. The zero-order valence-electron chi connectivity index (χ0n) is 22.0. The van der Waals surface area contributed by atoms with Crippen LogP contribution in [0.15, 0.2) is 67.1 Å². The van der Waals surface area contributed by atoms with E-state index in [0.717, 1.165) is 28.6 Å². The van der Waals surface area contributed by atoms with E-state index in [9.17, 15) is 10.4 Å². The monoisotopic (exact) mass is 547 g/mol. The van der Waals surface area contributed by atoms with Crippen LogP contribution in [-0.4, -0.2) is 63.7 Å². The Morgan fingerprint density at radius 1 is 1.15 bits per heavy atom. The molecular formula is C31H26FN7O2. The Balaban J connectivity index is 1.48. The van der Waals surface area contributed by atoms with Gasteiger partial charge in [0.2, 0.25) is 0 Å². The van der Waals surface area contributed by atoms with E-state index >= 15 is 4.39 Å². The third kappa shape index (κ3) is 4.45. The number of nitrogens with zero attached hydrogens (tertiary/aromatic N) is 5. The first kappa shape index (κ1) is 25.1. The van der Waals surface area contributed by atoms with Crippen molar-refractivity contribution < 1.29 is 14.2 Å². The number of ether oxygens (including phenoxy) is 1. The Bertz CT molecular complexity index is 1810. The number of benzene rings is 2. The summed E-state index contributed by atoms with van der Waals surface area (Å²) in [5.74, 6) is -0.00227. The van der Waals surface area contributed by atoms with Crippen LogP contribution in [0.4, 0.5) is 10.1 Å². The van der Waals surface area contributed by atoms with Gasteiger partial charge in [-0.05, 0) is 54.4 Å². The number of nitriles is 1. The van der Waals surface area contributed by atoms with Gasteiger partial charge in [-0.3, -0.25) is 15.1 Å². The maximum Gasteiger partial charge on any atom is 0.136 e. The van der Waals surface area contributed by atoms with Crippen LogP contribution in [0.25, 0.3) is 44.5 Å². The molecule has 2 aromatic carbocycles. The normalized spacial score (nSPS) is 18.2. The quantitative estimate of drug-likeness (QED) is 0.299. The number of hydrogen-bond donors (Lipinski definition) is 3. The first-order valence-electron chi connectivity index (χ1n) is 13.5. The van der Waals surface area contributed by atoms with Gasteiger partial charge in [0.15, 0.2) is 0 Å². The van der Waals surface area contributed by atoms with Crippen molar-refractivity contribution in [2.24, 2.45) is 0 Å². The lowest BCUT2D eigenvalue weighted by Crippen LogP contribution is -2.36. The van der Waals surface area contributed by atoms with E-state index in [1.165, 1.54) is 6.07 Å². The van der Waals surface area contributed by atoms with Gasteiger partial charge >= 0.3 is 0 Å². The number of aromatic amines is 1. The van der Waals surface area contributed by atoms with Crippen LogP contribution in [0, 0.1) is 17.1 Å². The molecular weight excluding hydrogens is 521 g/mol. The molecule has 9 nitrogen and oxygen atoms in total. The second-order valence-electron chi connectivity index (χ2n) is 10.3. The van der Waals surface area contributed by atoms with Crippen molar-refractivity contribution in [3.05, 3.63) is 78.5 Å². The lowest BCUT2D eigenvalue weighted by molar-refractivity contribution is 0.262. The number of nitrogens with one attached hydrogen (secondary N) is 2. The molecule has 2 aliphatic heterocycles. The molecule has 2 atom stereocenters. The predicted molar refractivity (Wildman–Crippen MR) is 153 cm³/mol. The van der Waals surface area contributed by atoms with Crippen LogP contribution in [-0.2, 0) is 0 Å². The summed E-state index contributed by atoms with van der Waals surface area (Å²) in [5, 5.41) is 32.2. The lowest BCUT2D eigenvalue weighted by Gasteiger charge is -2.26. The minimum Gasteiger partial charge on any atom is -0.491 e. The fraction of sp³-hybridized carbons (Fsp3) is 0.226. The van der Waals surface area contributed by atoms with E-state index in [0.29, 0.717) is 59.0 Å². The molecule has 7 rings (SSSR count). The van der Waals surface area contributed by atoms with Crippen molar-refractivity contribution in [1.82, 2.24) is 25.5 Å². The average molecular weight is 548 g/mol. The zero-order valence-corrected chi connectivity index (χ0v) is 22.0. The van der Waals surface area contributed by atoms with Crippen molar-refractivity contribution in [3.63, 3.8) is 0 Å². The molecule has 1 saturated heterocycles. The molecule has 0 amide bonds. The number of anilines is 1. The van der Waals surface area contributed by atoms with Crippen LogP contribution >= 0.6 is 0 Å². The van der Waals surface area contributed by atoms with E-state index < -0.39 is 5.82 Å². The summed E-state index contributed by atoms with van der Waals surface area (Å²) in [5.41, 5.74) is 5.83. The van der Waals surface area contributed by atoms with Crippen LogP contribution < -0.4 is 15.0 Å². The number of rotatable bonds is 2. The molecule has 2 aliphatic rings. The second-order valence-corrected chi connectivity index (χ2v) is 10.3. The average Bonchev–Trinajstić information content (AvgIpc) is 3.62. The molecule has 1 fully saturated rings. The highest BCUT2D eigenvalue weighted by molar-refractivity contribution is 5.96. The molecule has 0 spiro atoms. The molecule has 10 heteroatoms. The molecule has 3 N–H and O–H groups in total. The number of hydrogen-bond acceptors (Lipinski definition) is 8. The number of aliphatic hydroxyl groups excluding tert-OH is 1. The highest BCUT2D eigenvalue weighted by Gasteiger charge is 2.32.